The second kappa shape index (κ2) is 7.89. The summed E-state index contributed by atoms with van der Waals surface area (Å²) in [5, 5.41) is 9.05. The van der Waals surface area contributed by atoms with Gasteiger partial charge in [-0.15, -0.1) is 0 Å². The van der Waals surface area contributed by atoms with E-state index in [0.29, 0.717) is 12.8 Å². The van der Waals surface area contributed by atoms with E-state index in [1.165, 1.54) is 4.90 Å². The standard InChI is InChI=1S/C16H24N4O3/c1-3-12(2)20(11-15(21)22)16(23)13-4-8-19(9-5-13)14-10-17-6-7-18-14/h6-7,10,12-13H,3-5,8-9,11H2,1-2H3,(H,21,22). The van der Waals surface area contributed by atoms with Crippen LogP contribution in [0.4, 0.5) is 5.82 Å². The van der Waals surface area contributed by atoms with E-state index in [2.05, 4.69) is 14.9 Å². The lowest BCUT2D eigenvalue weighted by Gasteiger charge is -2.36. The van der Waals surface area contributed by atoms with Gasteiger partial charge in [-0.3, -0.25) is 14.6 Å². The van der Waals surface area contributed by atoms with Gasteiger partial charge in [-0.1, -0.05) is 6.92 Å². The maximum Gasteiger partial charge on any atom is 0.323 e. The first-order chi connectivity index (χ1) is 11.0. The molecule has 0 bridgehead atoms. The minimum atomic E-state index is -0.962. The molecular formula is C16H24N4O3. The SMILES string of the molecule is CCC(C)N(CC(=O)O)C(=O)C1CCN(c2cnccn2)CC1. The van der Waals surface area contributed by atoms with Gasteiger partial charge in [0.05, 0.1) is 6.20 Å². The molecule has 1 aliphatic rings. The van der Waals surface area contributed by atoms with Gasteiger partial charge in [0.2, 0.25) is 5.91 Å². The third-order valence-corrected chi connectivity index (χ3v) is 4.43. The molecule has 1 N–H and O–H groups in total. The number of aliphatic carboxylic acids is 1. The van der Waals surface area contributed by atoms with Crippen LogP contribution in [-0.2, 0) is 9.59 Å². The Kier molecular flexibility index (Phi) is 5.90. The number of hydrogen-bond donors (Lipinski definition) is 1. The monoisotopic (exact) mass is 320 g/mol. The molecule has 0 saturated carbocycles. The van der Waals surface area contributed by atoms with Crippen molar-refractivity contribution in [3.05, 3.63) is 18.6 Å². The van der Waals surface area contributed by atoms with Crippen molar-refractivity contribution < 1.29 is 14.7 Å². The van der Waals surface area contributed by atoms with Crippen molar-refractivity contribution in [3.63, 3.8) is 0 Å². The van der Waals surface area contributed by atoms with Crippen molar-refractivity contribution in [2.75, 3.05) is 24.5 Å². The molecule has 0 spiro atoms. The van der Waals surface area contributed by atoms with Crippen LogP contribution in [0.25, 0.3) is 0 Å². The summed E-state index contributed by atoms with van der Waals surface area (Å²) in [6.45, 7) is 5.10. The van der Waals surface area contributed by atoms with Crippen molar-refractivity contribution >= 4 is 17.7 Å². The Labute approximate surface area is 136 Å². The van der Waals surface area contributed by atoms with Gasteiger partial charge in [0.15, 0.2) is 0 Å². The van der Waals surface area contributed by atoms with Crippen molar-refractivity contribution in [3.8, 4) is 0 Å². The van der Waals surface area contributed by atoms with Gasteiger partial charge in [-0.2, -0.15) is 0 Å². The summed E-state index contributed by atoms with van der Waals surface area (Å²) in [6, 6.07) is -0.0587. The molecule has 0 aromatic carbocycles. The summed E-state index contributed by atoms with van der Waals surface area (Å²) in [5.41, 5.74) is 0. The Morgan fingerprint density at radius 1 is 1.39 bits per heavy atom. The first kappa shape index (κ1) is 17.2. The van der Waals surface area contributed by atoms with E-state index in [4.69, 9.17) is 5.11 Å². The molecule has 2 heterocycles. The van der Waals surface area contributed by atoms with E-state index in [9.17, 15) is 9.59 Å². The number of nitrogens with zero attached hydrogens (tertiary/aromatic N) is 4. The quantitative estimate of drug-likeness (QED) is 0.853. The Hall–Kier alpha value is -2.18. The molecule has 2 rings (SSSR count). The Morgan fingerprint density at radius 3 is 2.61 bits per heavy atom. The van der Waals surface area contributed by atoms with Crippen LogP contribution in [0.15, 0.2) is 18.6 Å². The van der Waals surface area contributed by atoms with Crippen LogP contribution in [0, 0.1) is 5.92 Å². The fourth-order valence-corrected chi connectivity index (χ4v) is 2.86. The maximum atomic E-state index is 12.7. The fraction of sp³-hybridized carbons (Fsp3) is 0.625. The van der Waals surface area contributed by atoms with E-state index in [1.807, 2.05) is 13.8 Å². The minimum Gasteiger partial charge on any atom is -0.480 e. The molecule has 1 aromatic rings. The number of rotatable bonds is 6. The number of piperidine rings is 1. The maximum absolute atomic E-state index is 12.7. The molecule has 1 amide bonds. The average molecular weight is 320 g/mol. The highest BCUT2D eigenvalue weighted by Gasteiger charge is 2.31. The summed E-state index contributed by atoms with van der Waals surface area (Å²) in [7, 11) is 0. The summed E-state index contributed by atoms with van der Waals surface area (Å²) in [4.78, 5) is 35.7. The van der Waals surface area contributed by atoms with E-state index in [1.54, 1.807) is 18.6 Å². The molecule has 23 heavy (non-hydrogen) atoms. The van der Waals surface area contributed by atoms with E-state index in [0.717, 1.165) is 25.3 Å². The second-order valence-electron chi connectivity index (χ2n) is 5.94. The normalized spacial score (nSPS) is 16.9. The number of anilines is 1. The molecule has 1 aliphatic heterocycles. The Bertz CT molecular complexity index is 529. The van der Waals surface area contributed by atoms with Crippen LogP contribution in [-0.4, -0.2) is 57.5 Å². The third kappa shape index (κ3) is 4.40. The summed E-state index contributed by atoms with van der Waals surface area (Å²) in [6.07, 6.45) is 7.18. The summed E-state index contributed by atoms with van der Waals surface area (Å²) >= 11 is 0. The van der Waals surface area contributed by atoms with Gasteiger partial charge in [-0.05, 0) is 26.2 Å². The Morgan fingerprint density at radius 2 is 2.09 bits per heavy atom. The van der Waals surface area contributed by atoms with Gasteiger partial charge in [0.1, 0.15) is 12.4 Å². The topological polar surface area (TPSA) is 86.6 Å². The number of aromatic nitrogens is 2. The fourth-order valence-electron chi connectivity index (χ4n) is 2.86. The highest BCUT2D eigenvalue weighted by molar-refractivity contribution is 5.83. The molecule has 7 nitrogen and oxygen atoms in total. The lowest BCUT2D eigenvalue weighted by Crippen LogP contribution is -2.47. The predicted octanol–water partition coefficient (Wildman–Crippen LogP) is 1.40. The zero-order chi connectivity index (χ0) is 16.8. The number of amides is 1. The van der Waals surface area contributed by atoms with E-state index < -0.39 is 5.97 Å². The predicted molar refractivity (Wildman–Crippen MR) is 86.1 cm³/mol. The van der Waals surface area contributed by atoms with E-state index in [-0.39, 0.29) is 24.4 Å². The molecule has 1 aromatic heterocycles. The van der Waals surface area contributed by atoms with Crippen molar-refractivity contribution in [1.29, 1.82) is 0 Å². The van der Waals surface area contributed by atoms with Crippen molar-refractivity contribution in [2.24, 2.45) is 5.92 Å². The molecule has 1 unspecified atom stereocenters. The van der Waals surface area contributed by atoms with E-state index >= 15 is 0 Å². The second-order valence-corrected chi connectivity index (χ2v) is 5.94. The zero-order valence-electron chi connectivity index (χ0n) is 13.7. The number of carbonyl (C=O) groups is 2. The number of carboxylic acids is 1. The van der Waals surface area contributed by atoms with Crippen LogP contribution >= 0.6 is 0 Å². The first-order valence-electron chi connectivity index (χ1n) is 8.06. The lowest BCUT2D eigenvalue weighted by molar-refractivity contribution is -0.148. The van der Waals surface area contributed by atoms with Gasteiger partial charge in [-0.25, -0.2) is 4.98 Å². The van der Waals surface area contributed by atoms with Crippen molar-refractivity contribution in [2.45, 2.75) is 39.2 Å². The average Bonchev–Trinajstić information content (AvgIpc) is 2.59. The Balaban J connectivity index is 1.97. The number of carbonyl (C=O) groups excluding carboxylic acids is 1. The number of carboxylic acid groups (broad SMARTS) is 1. The molecule has 1 saturated heterocycles. The smallest absolute Gasteiger partial charge is 0.323 e. The third-order valence-electron chi connectivity index (χ3n) is 4.43. The van der Waals surface area contributed by atoms with Gasteiger partial charge in [0, 0.05) is 37.4 Å². The van der Waals surface area contributed by atoms with Crippen LogP contribution in [0.2, 0.25) is 0 Å². The molecule has 126 valence electrons. The summed E-state index contributed by atoms with van der Waals surface area (Å²) in [5.74, 6) is -0.296. The minimum absolute atomic E-state index is 0.0412. The van der Waals surface area contributed by atoms with Gasteiger partial charge < -0.3 is 14.9 Å². The lowest BCUT2D eigenvalue weighted by atomic mass is 9.94. The van der Waals surface area contributed by atoms with Crippen LogP contribution in [0.5, 0.6) is 0 Å². The van der Waals surface area contributed by atoms with Crippen LogP contribution in [0.1, 0.15) is 33.1 Å². The molecule has 1 atom stereocenters. The molecular weight excluding hydrogens is 296 g/mol. The highest BCUT2D eigenvalue weighted by atomic mass is 16.4. The largest absolute Gasteiger partial charge is 0.480 e. The first-order valence-corrected chi connectivity index (χ1v) is 8.06. The summed E-state index contributed by atoms with van der Waals surface area (Å²) < 4.78 is 0. The van der Waals surface area contributed by atoms with Gasteiger partial charge in [0.25, 0.3) is 0 Å². The molecule has 0 aliphatic carbocycles. The van der Waals surface area contributed by atoms with Gasteiger partial charge >= 0.3 is 5.97 Å². The highest BCUT2D eigenvalue weighted by Crippen LogP contribution is 2.24. The van der Waals surface area contributed by atoms with Crippen LogP contribution < -0.4 is 4.90 Å². The van der Waals surface area contributed by atoms with Crippen molar-refractivity contribution in [1.82, 2.24) is 14.9 Å². The molecule has 7 heteroatoms. The van der Waals surface area contributed by atoms with Crippen LogP contribution in [0.3, 0.4) is 0 Å². The number of hydrogen-bond acceptors (Lipinski definition) is 5. The molecule has 1 fully saturated rings. The molecule has 0 radical (unpaired) electrons. The zero-order valence-corrected chi connectivity index (χ0v) is 13.7.